The van der Waals surface area contributed by atoms with Crippen molar-refractivity contribution in [2.75, 3.05) is 7.05 Å². The minimum absolute atomic E-state index is 0.183. The highest BCUT2D eigenvalue weighted by atomic mass is 32.1. The number of rotatable bonds is 4. The summed E-state index contributed by atoms with van der Waals surface area (Å²) in [5.41, 5.74) is 2.70. The van der Waals surface area contributed by atoms with Gasteiger partial charge < -0.3 is 4.90 Å². The third-order valence-electron chi connectivity index (χ3n) is 4.66. The van der Waals surface area contributed by atoms with Crippen LogP contribution in [-0.4, -0.2) is 32.5 Å². The maximum atomic E-state index is 13.2. The predicted molar refractivity (Wildman–Crippen MR) is 103 cm³/mol. The molecular formula is C20H17FN4OS. The number of halogens is 1. The zero-order valence-corrected chi connectivity index (χ0v) is 15.7. The van der Waals surface area contributed by atoms with E-state index in [2.05, 4.69) is 10.1 Å². The molecule has 0 unspecified atom stereocenters. The van der Waals surface area contributed by atoms with Crippen LogP contribution in [0.4, 0.5) is 4.39 Å². The SMILES string of the molecule is C[C@@H](c1ccc(F)cc1)N(C)C(=O)c1cnn2c(-c3cccs3)ccnc12. The lowest BCUT2D eigenvalue weighted by molar-refractivity contribution is 0.0744. The summed E-state index contributed by atoms with van der Waals surface area (Å²) < 4.78 is 14.9. The van der Waals surface area contributed by atoms with Crippen molar-refractivity contribution >= 4 is 22.9 Å². The van der Waals surface area contributed by atoms with E-state index in [0.717, 1.165) is 16.1 Å². The van der Waals surface area contributed by atoms with Crippen molar-refractivity contribution in [3.63, 3.8) is 0 Å². The van der Waals surface area contributed by atoms with E-state index in [4.69, 9.17) is 0 Å². The van der Waals surface area contributed by atoms with Gasteiger partial charge in [0.1, 0.15) is 11.4 Å². The monoisotopic (exact) mass is 380 g/mol. The molecule has 0 aliphatic carbocycles. The van der Waals surface area contributed by atoms with Gasteiger partial charge in [-0.15, -0.1) is 11.3 Å². The van der Waals surface area contributed by atoms with Crippen LogP contribution < -0.4 is 0 Å². The molecule has 4 rings (SSSR count). The van der Waals surface area contributed by atoms with Crippen molar-refractivity contribution < 1.29 is 9.18 Å². The van der Waals surface area contributed by atoms with Gasteiger partial charge in [0.2, 0.25) is 0 Å². The lowest BCUT2D eigenvalue weighted by atomic mass is 10.1. The summed E-state index contributed by atoms with van der Waals surface area (Å²) in [6, 6.07) is 11.8. The molecule has 0 saturated carbocycles. The molecule has 3 heterocycles. The number of amides is 1. The van der Waals surface area contributed by atoms with Gasteiger partial charge in [-0.05, 0) is 42.1 Å². The van der Waals surface area contributed by atoms with E-state index in [-0.39, 0.29) is 17.8 Å². The summed E-state index contributed by atoms with van der Waals surface area (Å²) >= 11 is 1.60. The van der Waals surface area contributed by atoms with Gasteiger partial charge in [-0.1, -0.05) is 18.2 Å². The van der Waals surface area contributed by atoms with Gasteiger partial charge >= 0.3 is 0 Å². The van der Waals surface area contributed by atoms with Gasteiger partial charge in [-0.3, -0.25) is 4.79 Å². The minimum atomic E-state index is -0.298. The van der Waals surface area contributed by atoms with Gasteiger partial charge in [-0.25, -0.2) is 13.9 Å². The second kappa shape index (κ2) is 6.92. The average molecular weight is 380 g/mol. The summed E-state index contributed by atoms with van der Waals surface area (Å²) in [6.07, 6.45) is 3.24. The Bertz CT molecular complexity index is 1090. The standard InChI is InChI=1S/C20H17FN4OS/c1-13(14-5-7-15(21)8-6-14)24(2)20(26)16-12-23-25-17(9-10-22-19(16)25)18-4-3-11-27-18/h3-13H,1-2H3/t13-/m0/s1. The highest BCUT2D eigenvalue weighted by Gasteiger charge is 2.23. The fraction of sp³-hybridized carbons (Fsp3) is 0.150. The molecule has 1 atom stereocenters. The van der Waals surface area contributed by atoms with E-state index in [9.17, 15) is 9.18 Å². The van der Waals surface area contributed by atoms with E-state index >= 15 is 0 Å². The Balaban J connectivity index is 1.68. The summed E-state index contributed by atoms with van der Waals surface area (Å²) in [6.45, 7) is 1.90. The van der Waals surface area contributed by atoms with E-state index < -0.39 is 0 Å². The van der Waals surface area contributed by atoms with Crippen LogP contribution in [0.15, 0.2) is 60.2 Å². The average Bonchev–Trinajstić information content (AvgIpc) is 3.36. The summed E-state index contributed by atoms with van der Waals surface area (Å²) in [7, 11) is 1.73. The normalized spacial score (nSPS) is 12.3. The molecule has 0 spiro atoms. The topological polar surface area (TPSA) is 50.5 Å². The Labute approximate surface area is 159 Å². The zero-order valence-electron chi connectivity index (χ0n) is 14.8. The van der Waals surface area contributed by atoms with Crippen LogP contribution in [0.1, 0.15) is 28.9 Å². The summed E-state index contributed by atoms with van der Waals surface area (Å²) in [5, 5.41) is 6.38. The quantitative estimate of drug-likeness (QED) is 0.526. The number of benzene rings is 1. The maximum absolute atomic E-state index is 13.2. The van der Waals surface area contributed by atoms with Crippen molar-refractivity contribution in [3.05, 3.63) is 77.2 Å². The highest BCUT2D eigenvalue weighted by molar-refractivity contribution is 7.13. The number of carbonyl (C=O) groups is 1. The predicted octanol–water partition coefficient (Wildman–Crippen LogP) is 4.43. The van der Waals surface area contributed by atoms with Crippen molar-refractivity contribution in [1.29, 1.82) is 0 Å². The molecule has 4 aromatic rings. The van der Waals surface area contributed by atoms with Crippen LogP contribution in [0.2, 0.25) is 0 Å². The molecule has 0 radical (unpaired) electrons. The summed E-state index contributed by atoms with van der Waals surface area (Å²) in [4.78, 5) is 20.1. The highest BCUT2D eigenvalue weighted by Crippen LogP contribution is 2.27. The van der Waals surface area contributed by atoms with E-state index in [1.54, 1.807) is 52.3 Å². The Hall–Kier alpha value is -3.06. The molecule has 7 heteroatoms. The fourth-order valence-corrected chi connectivity index (χ4v) is 3.72. The molecule has 0 N–H and O–H groups in total. The van der Waals surface area contributed by atoms with E-state index in [1.165, 1.54) is 12.1 Å². The Morgan fingerprint density at radius 2 is 2.00 bits per heavy atom. The lowest BCUT2D eigenvalue weighted by Crippen LogP contribution is -2.29. The Kier molecular flexibility index (Phi) is 4.45. The number of thiophene rings is 1. The molecule has 27 heavy (non-hydrogen) atoms. The molecule has 0 bridgehead atoms. The molecule has 3 aromatic heterocycles. The van der Waals surface area contributed by atoms with Gasteiger partial charge in [0.15, 0.2) is 5.65 Å². The third kappa shape index (κ3) is 3.10. The van der Waals surface area contributed by atoms with Crippen molar-refractivity contribution in [1.82, 2.24) is 19.5 Å². The molecule has 1 amide bonds. The van der Waals surface area contributed by atoms with Crippen LogP contribution in [-0.2, 0) is 0 Å². The van der Waals surface area contributed by atoms with Gasteiger partial charge in [0.05, 0.1) is 22.8 Å². The number of aromatic nitrogens is 3. The van der Waals surface area contributed by atoms with E-state index in [1.807, 2.05) is 30.5 Å². The molecule has 0 aliphatic rings. The lowest BCUT2D eigenvalue weighted by Gasteiger charge is -2.25. The zero-order chi connectivity index (χ0) is 19.0. The summed E-state index contributed by atoms with van der Waals surface area (Å²) in [5.74, 6) is -0.481. The largest absolute Gasteiger partial charge is 0.335 e. The molecule has 0 saturated heterocycles. The number of carbonyl (C=O) groups excluding carboxylic acids is 1. The van der Waals surface area contributed by atoms with Gasteiger partial charge in [0, 0.05) is 13.2 Å². The number of hydrogen-bond acceptors (Lipinski definition) is 4. The molecule has 0 aliphatic heterocycles. The Morgan fingerprint density at radius 3 is 2.70 bits per heavy atom. The minimum Gasteiger partial charge on any atom is -0.335 e. The first-order chi connectivity index (χ1) is 13.1. The van der Waals surface area contributed by atoms with Gasteiger partial charge in [0.25, 0.3) is 5.91 Å². The molecule has 0 fully saturated rings. The Morgan fingerprint density at radius 1 is 1.22 bits per heavy atom. The first-order valence-electron chi connectivity index (χ1n) is 8.45. The smallest absolute Gasteiger partial charge is 0.259 e. The van der Waals surface area contributed by atoms with Crippen LogP contribution >= 0.6 is 11.3 Å². The molecule has 5 nitrogen and oxygen atoms in total. The first-order valence-corrected chi connectivity index (χ1v) is 9.33. The number of nitrogens with zero attached hydrogens (tertiary/aromatic N) is 4. The third-order valence-corrected chi connectivity index (χ3v) is 5.55. The second-order valence-corrected chi connectivity index (χ2v) is 7.19. The van der Waals surface area contributed by atoms with Crippen LogP contribution in [0.5, 0.6) is 0 Å². The van der Waals surface area contributed by atoms with Crippen molar-refractivity contribution in [2.24, 2.45) is 0 Å². The maximum Gasteiger partial charge on any atom is 0.259 e. The molecular weight excluding hydrogens is 363 g/mol. The number of fused-ring (bicyclic) bond motifs is 1. The second-order valence-electron chi connectivity index (χ2n) is 6.24. The number of hydrogen-bond donors (Lipinski definition) is 0. The van der Waals surface area contributed by atoms with Crippen molar-refractivity contribution in [2.45, 2.75) is 13.0 Å². The first kappa shape index (κ1) is 17.4. The molecule has 136 valence electrons. The van der Waals surface area contributed by atoms with Crippen LogP contribution in [0, 0.1) is 5.82 Å². The fourth-order valence-electron chi connectivity index (χ4n) is 2.98. The molecule has 1 aromatic carbocycles. The van der Waals surface area contributed by atoms with Gasteiger partial charge in [-0.2, -0.15) is 5.10 Å². The van der Waals surface area contributed by atoms with E-state index in [0.29, 0.717) is 11.2 Å². The van der Waals surface area contributed by atoms with Crippen molar-refractivity contribution in [3.8, 4) is 10.6 Å². The van der Waals surface area contributed by atoms with Crippen LogP contribution in [0.3, 0.4) is 0 Å². The van der Waals surface area contributed by atoms with Crippen LogP contribution in [0.25, 0.3) is 16.2 Å².